The number of hydrogen-bond acceptors (Lipinski definition) is 8. The Morgan fingerprint density at radius 3 is 1.17 bits per heavy atom. The summed E-state index contributed by atoms with van der Waals surface area (Å²) >= 11 is 0. The van der Waals surface area contributed by atoms with Crippen molar-refractivity contribution in [1.29, 1.82) is 0 Å². The monoisotopic (exact) mass is 436 g/mol. The van der Waals surface area contributed by atoms with Crippen LogP contribution in [-0.4, -0.2) is 117 Å². The van der Waals surface area contributed by atoms with Gasteiger partial charge in [0.15, 0.2) is 13.1 Å². The van der Waals surface area contributed by atoms with Gasteiger partial charge in [-0.15, -0.1) is 0 Å². The summed E-state index contributed by atoms with van der Waals surface area (Å²) in [7, 11) is 0. The molecule has 0 atom stereocenters. The zero-order valence-electron chi connectivity index (χ0n) is 18.6. The number of rotatable bonds is 6. The van der Waals surface area contributed by atoms with Crippen molar-refractivity contribution in [3.05, 3.63) is 0 Å². The van der Waals surface area contributed by atoms with E-state index in [4.69, 9.17) is 28.4 Å². The van der Waals surface area contributed by atoms with Gasteiger partial charge in [-0.1, -0.05) is 0 Å². The number of carbonyl (C=O) groups is 2. The first-order valence-electron chi connectivity index (χ1n) is 10.9. The van der Waals surface area contributed by atoms with Gasteiger partial charge in [-0.05, 0) is 13.8 Å². The first kappa shape index (κ1) is 26.7. The molecule has 0 saturated carbocycles. The van der Waals surface area contributed by atoms with Crippen LogP contribution in [0.1, 0.15) is 13.8 Å². The lowest BCUT2D eigenvalue weighted by atomic mass is 10.4. The Kier molecular flexibility index (Phi) is 16.5. The van der Waals surface area contributed by atoms with Crippen LogP contribution in [0.2, 0.25) is 0 Å². The van der Waals surface area contributed by atoms with Gasteiger partial charge in [0.05, 0.1) is 66.1 Å². The summed E-state index contributed by atoms with van der Waals surface area (Å²) in [6, 6.07) is 0. The molecule has 30 heavy (non-hydrogen) atoms. The molecule has 0 aromatic carbocycles. The van der Waals surface area contributed by atoms with Crippen molar-refractivity contribution in [2.45, 2.75) is 13.8 Å². The fourth-order valence-electron chi connectivity index (χ4n) is 2.95. The van der Waals surface area contributed by atoms with Gasteiger partial charge in [0.1, 0.15) is 26.2 Å². The Bertz CT molecular complexity index is 393. The molecular formula is C20H40N2O8+2. The minimum absolute atomic E-state index is 0.212. The van der Waals surface area contributed by atoms with Crippen molar-refractivity contribution in [2.24, 2.45) is 0 Å². The molecule has 2 N–H and O–H groups in total. The van der Waals surface area contributed by atoms with E-state index in [0.29, 0.717) is 105 Å². The maximum atomic E-state index is 11.8. The highest BCUT2D eigenvalue weighted by Gasteiger charge is 2.16. The molecule has 10 heteroatoms. The Hall–Kier alpha value is -1.30. The molecule has 176 valence electrons. The highest BCUT2D eigenvalue weighted by Crippen LogP contribution is 1.81. The zero-order valence-corrected chi connectivity index (χ0v) is 18.6. The van der Waals surface area contributed by atoms with E-state index in [0.717, 1.165) is 9.80 Å². The van der Waals surface area contributed by atoms with E-state index in [1.165, 1.54) is 0 Å². The van der Waals surface area contributed by atoms with Crippen LogP contribution < -0.4 is 9.80 Å². The number of hydrogen-bond donors (Lipinski definition) is 2. The molecule has 0 unspecified atom stereocenters. The standard InChI is InChI=1S/C20H38N2O8/c1-3-29-19(23)17-21-5-9-25-13-15-27-11-7-22(18-20(24)30-4-2)8-12-28-16-14-26-10-6-21/h3-18H2,1-2H3/p+2. The van der Waals surface area contributed by atoms with Gasteiger partial charge >= 0.3 is 11.9 Å². The molecule has 0 amide bonds. The number of ether oxygens (including phenoxy) is 6. The summed E-state index contributed by atoms with van der Waals surface area (Å²) in [5.41, 5.74) is 0. The van der Waals surface area contributed by atoms with Gasteiger partial charge in [0, 0.05) is 0 Å². The predicted octanol–water partition coefficient (Wildman–Crippen LogP) is -3.04. The Labute approximate surface area is 179 Å². The van der Waals surface area contributed by atoms with Gasteiger partial charge in [0.2, 0.25) is 0 Å². The number of nitrogens with one attached hydrogen (secondary N) is 2. The summed E-state index contributed by atoms with van der Waals surface area (Å²) in [6.07, 6.45) is 0. The molecule has 1 aliphatic heterocycles. The van der Waals surface area contributed by atoms with Crippen LogP contribution in [0, 0.1) is 0 Å². The molecule has 0 spiro atoms. The highest BCUT2D eigenvalue weighted by molar-refractivity contribution is 5.70. The van der Waals surface area contributed by atoms with Crippen molar-refractivity contribution >= 4 is 11.9 Å². The van der Waals surface area contributed by atoms with Crippen LogP contribution >= 0.6 is 0 Å². The fourth-order valence-corrected chi connectivity index (χ4v) is 2.95. The second-order valence-electron chi connectivity index (χ2n) is 6.91. The van der Waals surface area contributed by atoms with E-state index in [1.54, 1.807) is 13.8 Å². The summed E-state index contributed by atoms with van der Waals surface area (Å²) < 4.78 is 32.6. The molecule has 0 radical (unpaired) electrons. The number of quaternary nitrogens is 2. The molecular weight excluding hydrogens is 396 g/mol. The quantitative estimate of drug-likeness (QED) is 0.424. The van der Waals surface area contributed by atoms with Crippen LogP contribution in [0.3, 0.4) is 0 Å². The van der Waals surface area contributed by atoms with E-state index in [9.17, 15) is 9.59 Å². The lowest BCUT2D eigenvalue weighted by Gasteiger charge is -2.20. The van der Waals surface area contributed by atoms with Gasteiger partial charge in [-0.25, -0.2) is 9.59 Å². The molecule has 0 aromatic heterocycles. The van der Waals surface area contributed by atoms with Gasteiger partial charge in [0.25, 0.3) is 0 Å². The van der Waals surface area contributed by atoms with E-state index in [-0.39, 0.29) is 11.9 Å². The average molecular weight is 437 g/mol. The van der Waals surface area contributed by atoms with E-state index < -0.39 is 0 Å². The molecule has 0 aliphatic carbocycles. The van der Waals surface area contributed by atoms with Crippen molar-refractivity contribution < 1.29 is 47.8 Å². The minimum Gasteiger partial charge on any atom is -0.462 e. The lowest BCUT2D eigenvalue weighted by Crippen LogP contribution is -3.14. The summed E-state index contributed by atoms with van der Waals surface area (Å²) in [5, 5.41) is 0. The van der Waals surface area contributed by atoms with Crippen molar-refractivity contribution in [2.75, 3.05) is 105 Å². The first-order valence-corrected chi connectivity index (χ1v) is 10.9. The summed E-state index contributed by atoms with van der Waals surface area (Å²) in [4.78, 5) is 25.7. The fraction of sp³-hybridized carbons (Fsp3) is 0.900. The maximum absolute atomic E-state index is 11.8. The Morgan fingerprint density at radius 1 is 0.600 bits per heavy atom. The average Bonchev–Trinajstić information content (AvgIpc) is 2.71. The van der Waals surface area contributed by atoms with Gasteiger partial charge in [-0.2, -0.15) is 0 Å². The largest absolute Gasteiger partial charge is 0.462 e. The van der Waals surface area contributed by atoms with E-state index in [2.05, 4.69) is 0 Å². The minimum atomic E-state index is -0.212. The Balaban J connectivity index is 2.42. The van der Waals surface area contributed by atoms with Gasteiger partial charge < -0.3 is 38.2 Å². The zero-order chi connectivity index (χ0) is 21.9. The van der Waals surface area contributed by atoms with Crippen LogP contribution in [0.5, 0.6) is 0 Å². The third-order valence-electron chi connectivity index (χ3n) is 4.54. The normalized spacial score (nSPS) is 23.7. The molecule has 1 aliphatic rings. The molecule has 1 heterocycles. The molecule has 0 bridgehead atoms. The Morgan fingerprint density at radius 2 is 0.900 bits per heavy atom. The van der Waals surface area contributed by atoms with Crippen LogP contribution in [0.15, 0.2) is 0 Å². The van der Waals surface area contributed by atoms with E-state index in [1.807, 2.05) is 0 Å². The topological polar surface area (TPSA) is 98.4 Å². The highest BCUT2D eigenvalue weighted by atomic mass is 16.5. The molecule has 10 nitrogen and oxygen atoms in total. The summed E-state index contributed by atoms with van der Waals surface area (Å²) in [6.45, 7) is 11.8. The van der Waals surface area contributed by atoms with Crippen molar-refractivity contribution in [3.63, 3.8) is 0 Å². The number of carbonyl (C=O) groups excluding carboxylic acids is 2. The second kappa shape index (κ2) is 18.5. The maximum Gasteiger partial charge on any atom is 0.361 e. The second-order valence-corrected chi connectivity index (χ2v) is 6.91. The first-order chi connectivity index (χ1) is 14.7. The van der Waals surface area contributed by atoms with Crippen LogP contribution in [0.4, 0.5) is 0 Å². The third kappa shape index (κ3) is 14.6. The van der Waals surface area contributed by atoms with Crippen molar-refractivity contribution in [1.82, 2.24) is 0 Å². The van der Waals surface area contributed by atoms with Crippen LogP contribution in [-0.2, 0) is 38.0 Å². The molecule has 1 saturated heterocycles. The van der Waals surface area contributed by atoms with Gasteiger partial charge in [-0.3, -0.25) is 0 Å². The van der Waals surface area contributed by atoms with E-state index >= 15 is 0 Å². The molecule has 1 rings (SSSR count). The molecule has 0 aromatic rings. The van der Waals surface area contributed by atoms with Crippen LogP contribution in [0.25, 0.3) is 0 Å². The lowest BCUT2D eigenvalue weighted by molar-refractivity contribution is -0.894. The summed E-state index contributed by atoms with van der Waals surface area (Å²) in [5.74, 6) is -0.424. The third-order valence-corrected chi connectivity index (χ3v) is 4.54. The molecule has 1 fully saturated rings. The SMILES string of the molecule is CCOC(=O)C[NH+]1CCOCCOCC[NH+](CC(=O)OCC)CCOCCOCC1. The van der Waals surface area contributed by atoms with Crippen molar-refractivity contribution in [3.8, 4) is 0 Å². The number of esters is 2. The smallest absolute Gasteiger partial charge is 0.361 e. The predicted molar refractivity (Wildman–Crippen MR) is 108 cm³/mol.